The lowest BCUT2D eigenvalue weighted by atomic mass is 9.88. The molecule has 0 spiro atoms. The molecule has 21 heavy (non-hydrogen) atoms. The molecule has 1 aromatic rings. The van der Waals surface area contributed by atoms with Gasteiger partial charge in [0.15, 0.2) is 0 Å². The van der Waals surface area contributed by atoms with Crippen LogP contribution in [-0.4, -0.2) is 48.8 Å². The van der Waals surface area contributed by atoms with Gasteiger partial charge >= 0.3 is 0 Å². The summed E-state index contributed by atoms with van der Waals surface area (Å²) in [6, 6.07) is 3.25. The van der Waals surface area contributed by atoms with Gasteiger partial charge in [0.2, 0.25) is 0 Å². The highest BCUT2D eigenvalue weighted by Crippen LogP contribution is 2.45. The summed E-state index contributed by atoms with van der Waals surface area (Å²) in [4.78, 5) is 14.2. The third-order valence-corrected chi connectivity index (χ3v) is 4.36. The molecule has 0 bridgehead atoms. The molecule has 1 aliphatic carbocycles. The Bertz CT molecular complexity index is 577. The van der Waals surface area contributed by atoms with E-state index in [0.717, 1.165) is 12.8 Å². The molecule has 1 aromatic carbocycles. The molecule has 2 fully saturated rings. The number of anilines is 1. The maximum Gasteiger partial charge on any atom is 0.256 e. The Balaban J connectivity index is 1.81. The number of nitrogens with zero attached hydrogens (tertiary/aromatic N) is 1. The molecule has 3 N–H and O–H groups in total. The first-order valence-electron chi connectivity index (χ1n) is 7.01. The SMILES string of the molecule is COc1cc(OC)c(N)c(C(=O)N2CC(O)(C3CC3)C2)c1. The van der Waals surface area contributed by atoms with Crippen LogP contribution >= 0.6 is 0 Å². The number of aliphatic hydroxyl groups is 1. The Labute approximate surface area is 123 Å². The van der Waals surface area contributed by atoms with Gasteiger partial charge < -0.3 is 25.2 Å². The van der Waals surface area contributed by atoms with E-state index in [9.17, 15) is 9.90 Å². The highest BCUT2D eigenvalue weighted by Gasteiger charge is 2.53. The number of rotatable bonds is 4. The average Bonchev–Trinajstić information content (AvgIpc) is 3.28. The summed E-state index contributed by atoms with van der Waals surface area (Å²) in [7, 11) is 3.02. The molecule has 114 valence electrons. The Kier molecular flexibility index (Phi) is 3.20. The molecule has 0 radical (unpaired) electrons. The van der Waals surface area contributed by atoms with Crippen molar-refractivity contribution in [2.45, 2.75) is 18.4 Å². The second kappa shape index (κ2) is 4.80. The largest absolute Gasteiger partial charge is 0.497 e. The molecule has 1 saturated heterocycles. The molecule has 0 unspecified atom stereocenters. The molecule has 3 rings (SSSR count). The Morgan fingerprint density at radius 3 is 2.52 bits per heavy atom. The lowest BCUT2D eigenvalue weighted by Gasteiger charge is -2.47. The highest BCUT2D eigenvalue weighted by molar-refractivity contribution is 6.01. The topological polar surface area (TPSA) is 85.0 Å². The number of likely N-dealkylation sites (tertiary alicyclic amines) is 1. The predicted molar refractivity (Wildman–Crippen MR) is 77.5 cm³/mol. The van der Waals surface area contributed by atoms with Crippen LogP contribution in [0.15, 0.2) is 12.1 Å². The highest BCUT2D eigenvalue weighted by atomic mass is 16.5. The average molecular weight is 292 g/mol. The van der Waals surface area contributed by atoms with Crippen LogP contribution in [0.25, 0.3) is 0 Å². The number of benzene rings is 1. The van der Waals surface area contributed by atoms with Crippen molar-refractivity contribution >= 4 is 11.6 Å². The number of hydrogen-bond acceptors (Lipinski definition) is 5. The zero-order valence-electron chi connectivity index (χ0n) is 12.3. The van der Waals surface area contributed by atoms with E-state index in [2.05, 4.69) is 0 Å². The van der Waals surface area contributed by atoms with E-state index in [1.807, 2.05) is 0 Å². The molecule has 1 saturated carbocycles. The van der Waals surface area contributed by atoms with Crippen LogP contribution in [0.3, 0.4) is 0 Å². The van der Waals surface area contributed by atoms with Gasteiger partial charge in [-0.05, 0) is 24.8 Å². The van der Waals surface area contributed by atoms with E-state index in [1.54, 1.807) is 17.0 Å². The zero-order valence-corrected chi connectivity index (χ0v) is 12.3. The standard InChI is InChI=1S/C15H20N2O4/c1-20-10-5-11(13(16)12(6-10)21-2)14(18)17-7-15(19,8-17)9-3-4-9/h5-6,9,19H,3-4,7-8,16H2,1-2H3. The Hall–Kier alpha value is -1.95. The van der Waals surface area contributed by atoms with E-state index in [-0.39, 0.29) is 5.91 Å². The maximum absolute atomic E-state index is 12.5. The van der Waals surface area contributed by atoms with Crippen molar-refractivity contribution in [3.05, 3.63) is 17.7 Å². The fourth-order valence-corrected chi connectivity index (χ4v) is 2.87. The summed E-state index contributed by atoms with van der Waals surface area (Å²) < 4.78 is 10.3. The lowest BCUT2D eigenvalue weighted by molar-refractivity contribution is -0.0957. The Morgan fingerprint density at radius 2 is 2.00 bits per heavy atom. The van der Waals surface area contributed by atoms with Crippen LogP contribution in [0.4, 0.5) is 5.69 Å². The van der Waals surface area contributed by atoms with Crippen molar-refractivity contribution in [1.82, 2.24) is 4.90 Å². The minimum atomic E-state index is -0.701. The summed E-state index contributed by atoms with van der Waals surface area (Å²) in [5, 5.41) is 10.3. The van der Waals surface area contributed by atoms with Gasteiger partial charge in [0.05, 0.1) is 38.6 Å². The fraction of sp³-hybridized carbons (Fsp3) is 0.533. The number of nitrogen functional groups attached to an aromatic ring is 1. The molecule has 0 atom stereocenters. The van der Waals surface area contributed by atoms with Gasteiger partial charge in [-0.25, -0.2) is 0 Å². The minimum absolute atomic E-state index is 0.199. The molecule has 1 heterocycles. The van der Waals surface area contributed by atoms with Gasteiger partial charge in [-0.15, -0.1) is 0 Å². The summed E-state index contributed by atoms with van der Waals surface area (Å²) >= 11 is 0. The zero-order chi connectivity index (χ0) is 15.2. The van der Waals surface area contributed by atoms with E-state index < -0.39 is 5.60 Å². The maximum atomic E-state index is 12.5. The third-order valence-electron chi connectivity index (χ3n) is 4.36. The Morgan fingerprint density at radius 1 is 1.33 bits per heavy atom. The second-order valence-electron chi connectivity index (χ2n) is 5.83. The van der Waals surface area contributed by atoms with Crippen LogP contribution in [0.2, 0.25) is 0 Å². The molecule has 2 aliphatic rings. The first-order valence-corrected chi connectivity index (χ1v) is 7.01. The molecular formula is C15H20N2O4. The van der Waals surface area contributed by atoms with Crippen molar-refractivity contribution in [3.63, 3.8) is 0 Å². The van der Waals surface area contributed by atoms with Crippen LogP contribution < -0.4 is 15.2 Å². The number of carbonyl (C=O) groups excluding carboxylic acids is 1. The van der Waals surface area contributed by atoms with Crippen molar-refractivity contribution in [2.24, 2.45) is 5.92 Å². The first-order chi connectivity index (χ1) is 9.98. The number of nitrogens with two attached hydrogens (primary N) is 1. The summed E-state index contributed by atoms with van der Waals surface area (Å²) in [6.07, 6.45) is 2.10. The normalized spacial score (nSPS) is 19.9. The van der Waals surface area contributed by atoms with E-state index in [0.29, 0.717) is 41.8 Å². The van der Waals surface area contributed by atoms with Gasteiger partial charge in [-0.1, -0.05) is 0 Å². The van der Waals surface area contributed by atoms with Gasteiger partial charge in [-0.3, -0.25) is 4.79 Å². The van der Waals surface area contributed by atoms with E-state index in [4.69, 9.17) is 15.2 Å². The van der Waals surface area contributed by atoms with Crippen LogP contribution in [0, 0.1) is 5.92 Å². The number of carbonyl (C=O) groups is 1. The lowest BCUT2D eigenvalue weighted by Crippen LogP contribution is -2.64. The van der Waals surface area contributed by atoms with Crippen molar-refractivity contribution in [2.75, 3.05) is 33.0 Å². The first kappa shape index (κ1) is 14.0. The predicted octanol–water partition coefficient (Wildman–Crippen LogP) is 0.883. The van der Waals surface area contributed by atoms with Crippen LogP contribution in [0.1, 0.15) is 23.2 Å². The molecule has 6 nitrogen and oxygen atoms in total. The smallest absolute Gasteiger partial charge is 0.256 e. The molecule has 1 amide bonds. The van der Waals surface area contributed by atoms with E-state index in [1.165, 1.54) is 14.2 Å². The minimum Gasteiger partial charge on any atom is -0.497 e. The summed E-state index contributed by atoms with van der Waals surface area (Å²) in [5.41, 5.74) is 5.93. The molecular weight excluding hydrogens is 272 g/mol. The number of ether oxygens (including phenoxy) is 2. The van der Waals surface area contributed by atoms with Crippen molar-refractivity contribution in [1.29, 1.82) is 0 Å². The summed E-state index contributed by atoms with van der Waals surface area (Å²) in [6.45, 7) is 0.741. The molecule has 1 aliphatic heterocycles. The monoisotopic (exact) mass is 292 g/mol. The van der Waals surface area contributed by atoms with Crippen molar-refractivity contribution in [3.8, 4) is 11.5 Å². The second-order valence-corrected chi connectivity index (χ2v) is 5.83. The number of amides is 1. The number of β-amino-alcohol motifs (C(OH)–C–C–N with tert-alkyl or cyclic N) is 1. The van der Waals surface area contributed by atoms with Gasteiger partial charge in [0.1, 0.15) is 17.1 Å². The quantitative estimate of drug-likeness (QED) is 0.805. The third kappa shape index (κ3) is 2.29. The molecule has 0 aromatic heterocycles. The summed E-state index contributed by atoms with van der Waals surface area (Å²) in [5.74, 6) is 1.08. The number of hydrogen-bond donors (Lipinski definition) is 2. The van der Waals surface area contributed by atoms with Gasteiger partial charge in [0, 0.05) is 6.07 Å². The van der Waals surface area contributed by atoms with Crippen LogP contribution in [-0.2, 0) is 0 Å². The van der Waals surface area contributed by atoms with Gasteiger partial charge in [0.25, 0.3) is 5.91 Å². The van der Waals surface area contributed by atoms with Crippen molar-refractivity contribution < 1.29 is 19.4 Å². The van der Waals surface area contributed by atoms with Crippen LogP contribution in [0.5, 0.6) is 11.5 Å². The fourth-order valence-electron chi connectivity index (χ4n) is 2.87. The molecule has 6 heteroatoms. The van der Waals surface area contributed by atoms with Gasteiger partial charge in [-0.2, -0.15) is 0 Å². The van der Waals surface area contributed by atoms with E-state index >= 15 is 0 Å². The number of methoxy groups -OCH3 is 2.